The molecule has 0 saturated heterocycles. The summed E-state index contributed by atoms with van der Waals surface area (Å²) in [5, 5.41) is 17.6. The molecule has 0 amide bonds. The summed E-state index contributed by atoms with van der Waals surface area (Å²) >= 11 is 0. The third kappa shape index (κ3) is 2.49. The van der Waals surface area contributed by atoms with E-state index in [0.717, 1.165) is 0 Å². The number of nitro benzene ring substituents is 1. The van der Waals surface area contributed by atoms with Crippen molar-refractivity contribution >= 4 is 25.4 Å². The molecule has 0 N–H and O–H groups in total. The van der Waals surface area contributed by atoms with Crippen molar-refractivity contribution < 1.29 is 13.3 Å². The highest BCUT2D eigenvalue weighted by molar-refractivity contribution is 8.13. The predicted octanol–water partition coefficient (Wildman–Crippen LogP) is 1.63. The van der Waals surface area contributed by atoms with E-state index < -0.39 is 14.0 Å². The molecule has 0 bridgehead atoms. The van der Waals surface area contributed by atoms with Crippen molar-refractivity contribution in [3.8, 4) is 11.4 Å². The Morgan fingerprint density at radius 3 is 2.45 bits per heavy atom. The van der Waals surface area contributed by atoms with Gasteiger partial charge in [0.25, 0.3) is 19.9 Å². The highest BCUT2D eigenvalue weighted by Crippen LogP contribution is 2.26. The summed E-state index contributed by atoms with van der Waals surface area (Å²) in [5.41, 5.74) is 0.918. The zero-order chi connectivity index (χ0) is 15.1. The maximum atomic E-state index is 11.3. The van der Waals surface area contributed by atoms with E-state index in [4.69, 9.17) is 10.7 Å². The van der Waals surface area contributed by atoms with Crippen LogP contribution in [0, 0.1) is 17.0 Å². The van der Waals surface area contributed by atoms with E-state index in [1.165, 1.54) is 29.8 Å². The summed E-state index contributed by atoms with van der Waals surface area (Å²) < 4.78 is 23.7. The van der Waals surface area contributed by atoms with Crippen LogP contribution in [-0.2, 0) is 16.1 Å². The van der Waals surface area contributed by atoms with Gasteiger partial charge >= 0.3 is 0 Å². The van der Waals surface area contributed by atoms with Gasteiger partial charge in [-0.15, -0.1) is 10.2 Å². The Kier molecular flexibility index (Phi) is 3.48. The van der Waals surface area contributed by atoms with Crippen LogP contribution in [0.3, 0.4) is 0 Å². The first-order chi connectivity index (χ1) is 9.21. The maximum absolute atomic E-state index is 11.3. The highest BCUT2D eigenvalue weighted by atomic mass is 35.7. The quantitative estimate of drug-likeness (QED) is 0.483. The second kappa shape index (κ2) is 4.84. The van der Waals surface area contributed by atoms with Gasteiger partial charge in [0.1, 0.15) is 0 Å². The van der Waals surface area contributed by atoms with Gasteiger partial charge in [0.15, 0.2) is 5.82 Å². The van der Waals surface area contributed by atoms with E-state index in [1.807, 2.05) is 0 Å². The van der Waals surface area contributed by atoms with Crippen LogP contribution in [0.2, 0.25) is 0 Å². The van der Waals surface area contributed by atoms with Crippen molar-refractivity contribution in [2.75, 3.05) is 0 Å². The number of hydrogen-bond donors (Lipinski definition) is 0. The fourth-order valence-corrected chi connectivity index (χ4v) is 2.73. The first-order valence-electron chi connectivity index (χ1n) is 5.31. The first kappa shape index (κ1) is 14.4. The molecular weight excluding hydrogens is 308 g/mol. The van der Waals surface area contributed by atoms with Crippen LogP contribution in [0.5, 0.6) is 0 Å². The summed E-state index contributed by atoms with van der Waals surface area (Å²) in [6, 6.07) is 4.33. The van der Waals surface area contributed by atoms with E-state index >= 15 is 0 Å². The lowest BCUT2D eigenvalue weighted by molar-refractivity contribution is -0.385. The predicted molar refractivity (Wildman–Crippen MR) is 70.9 cm³/mol. The fraction of sp³-hybridized carbons (Fsp3) is 0.200. The molecule has 106 valence electrons. The molecule has 0 unspecified atom stereocenters. The van der Waals surface area contributed by atoms with E-state index in [-0.39, 0.29) is 16.7 Å². The molecule has 0 fully saturated rings. The zero-order valence-corrected chi connectivity index (χ0v) is 12.0. The topological polar surface area (TPSA) is 108 Å². The lowest BCUT2D eigenvalue weighted by Crippen LogP contribution is -2.03. The average Bonchev–Trinajstić information content (AvgIpc) is 2.70. The number of halogens is 1. The summed E-state index contributed by atoms with van der Waals surface area (Å²) in [6.07, 6.45) is 0. The summed E-state index contributed by atoms with van der Waals surface area (Å²) in [5.74, 6) is 0.252. The molecule has 0 saturated carbocycles. The molecule has 8 nitrogen and oxygen atoms in total. The molecule has 0 aliphatic rings. The number of aryl methyl sites for hydroxylation is 1. The van der Waals surface area contributed by atoms with Gasteiger partial charge in [0.05, 0.1) is 4.92 Å². The number of benzene rings is 1. The number of nitro groups is 1. The molecule has 1 aromatic carbocycles. The van der Waals surface area contributed by atoms with Crippen molar-refractivity contribution in [2.24, 2.45) is 7.05 Å². The van der Waals surface area contributed by atoms with Crippen LogP contribution in [0.25, 0.3) is 11.4 Å². The van der Waals surface area contributed by atoms with Crippen molar-refractivity contribution in [1.82, 2.24) is 14.8 Å². The minimum Gasteiger partial charge on any atom is -0.300 e. The van der Waals surface area contributed by atoms with E-state index in [9.17, 15) is 18.5 Å². The fourth-order valence-electron chi connectivity index (χ4n) is 1.78. The van der Waals surface area contributed by atoms with Crippen LogP contribution >= 0.6 is 10.7 Å². The summed E-state index contributed by atoms with van der Waals surface area (Å²) in [4.78, 5) is 10.3. The van der Waals surface area contributed by atoms with Gasteiger partial charge in [0, 0.05) is 34.9 Å². The molecule has 0 spiro atoms. The Labute approximate surface area is 118 Å². The Morgan fingerprint density at radius 1 is 1.35 bits per heavy atom. The van der Waals surface area contributed by atoms with Crippen molar-refractivity contribution in [3.05, 3.63) is 33.9 Å². The van der Waals surface area contributed by atoms with Crippen molar-refractivity contribution in [3.63, 3.8) is 0 Å². The van der Waals surface area contributed by atoms with Crippen molar-refractivity contribution in [2.45, 2.75) is 12.1 Å². The van der Waals surface area contributed by atoms with Gasteiger partial charge in [-0.1, -0.05) is 0 Å². The Hall–Kier alpha value is -2.00. The van der Waals surface area contributed by atoms with Crippen LogP contribution in [0.4, 0.5) is 5.69 Å². The smallest absolute Gasteiger partial charge is 0.296 e. The first-order valence-corrected chi connectivity index (χ1v) is 7.62. The van der Waals surface area contributed by atoms with Crippen LogP contribution in [-0.4, -0.2) is 28.1 Å². The van der Waals surface area contributed by atoms with E-state index in [0.29, 0.717) is 11.1 Å². The summed E-state index contributed by atoms with van der Waals surface area (Å²) in [7, 11) is 2.67. The van der Waals surface area contributed by atoms with Gasteiger partial charge in [-0.2, -0.15) is 0 Å². The minimum atomic E-state index is -4.00. The highest BCUT2D eigenvalue weighted by Gasteiger charge is 2.22. The second-order valence-electron chi connectivity index (χ2n) is 4.06. The number of nitrogens with zero attached hydrogens (tertiary/aromatic N) is 4. The molecule has 0 atom stereocenters. The number of rotatable bonds is 3. The lowest BCUT2D eigenvalue weighted by Gasteiger charge is -2.03. The average molecular weight is 317 g/mol. The zero-order valence-electron chi connectivity index (χ0n) is 10.4. The van der Waals surface area contributed by atoms with Gasteiger partial charge < -0.3 is 0 Å². The molecule has 1 aromatic heterocycles. The van der Waals surface area contributed by atoms with Gasteiger partial charge in [-0.05, 0) is 19.1 Å². The minimum absolute atomic E-state index is 0.0268. The normalized spacial score (nSPS) is 11.6. The van der Waals surface area contributed by atoms with E-state index in [1.54, 1.807) is 6.92 Å². The standard InChI is InChI=1S/C10H9ClN4O4S/c1-6-5-7(3-4-8(6)15(16)17)9-12-13-10(14(9)2)20(11,18)19/h3-5H,1-2H3. The molecule has 0 aliphatic heterocycles. The van der Waals surface area contributed by atoms with Crippen LogP contribution in [0.15, 0.2) is 23.4 Å². The molecular formula is C10H9ClN4O4S. The van der Waals surface area contributed by atoms with Gasteiger partial charge in [-0.3, -0.25) is 14.7 Å². The van der Waals surface area contributed by atoms with Crippen molar-refractivity contribution in [1.29, 1.82) is 0 Å². The Balaban J connectivity index is 2.56. The molecule has 2 rings (SSSR count). The Morgan fingerprint density at radius 2 is 2.00 bits per heavy atom. The SMILES string of the molecule is Cc1cc(-c2nnc(S(=O)(=O)Cl)n2C)ccc1[N+](=O)[O-]. The Bertz CT molecular complexity index is 800. The third-order valence-corrected chi connectivity index (χ3v) is 3.91. The number of hydrogen-bond acceptors (Lipinski definition) is 6. The lowest BCUT2D eigenvalue weighted by atomic mass is 10.1. The third-order valence-electron chi connectivity index (χ3n) is 2.70. The molecule has 0 radical (unpaired) electrons. The summed E-state index contributed by atoms with van der Waals surface area (Å²) in [6.45, 7) is 1.58. The molecule has 10 heteroatoms. The molecule has 1 heterocycles. The maximum Gasteiger partial charge on any atom is 0.296 e. The monoisotopic (exact) mass is 316 g/mol. The van der Waals surface area contributed by atoms with E-state index in [2.05, 4.69) is 10.2 Å². The molecule has 2 aromatic rings. The molecule has 20 heavy (non-hydrogen) atoms. The number of aromatic nitrogens is 3. The van der Waals surface area contributed by atoms with Crippen LogP contribution in [0.1, 0.15) is 5.56 Å². The van der Waals surface area contributed by atoms with Gasteiger partial charge in [0.2, 0.25) is 0 Å². The second-order valence-corrected chi connectivity index (χ2v) is 6.52. The van der Waals surface area contributed by atoms with Crippen LogP contribution < -0.4 is 0 Å². The largest absolute Gasteiger partial charge is 0.300 e. The van der Waals surface area contributed by atoms with Gasteiger partial charge in [-0.25, -0.2) is 8.42 Å². The molecule has 0 aliphatic carbocycles.